The zero-order valence-corrected chi connectivity index (χ0v) is 11.2. The average Bonchev–Trinajstić information content (AvgIpc) is 1.27. The summed E-state index contributed by atoms with van der Waals surface area (Å²) in [6.07, 6.45) is -1.91. The van der Waals surface area contributed by atoms with Gasteiger partial charge in [0, 0.05) is 0 Å². The Kier molecular flexibility index (Phi) is 17.1. The molecule has 0 aliphatic rings. The van der Waals surface area contributed by atoms with Gasteiger partial charge >= 0.3 is 89.7 Å². The first kappa shape index (κ1) is 16.7. The summed E-state index contributed by atoms with van der Waals surface area (Å²) < 4.78 is 0. The van der Waals surface area contributed by atoms with Crippen LogP contribution in [0.3, 0.4) is 0 Å². The third kappa shape index (κ3) is 17.6. The molecule has 9 heavy (non-hydrogen) atoms. The molecule has 0 aromatic heterocycles. The molecular weight excluding hydrogens is 266 g/mol. The van der Waals surface area contributed by atoms with E-state index in [1.54, 1.807) is 0 Å². The Morgan fingerprint density at radius 1 is 1.78 bits per heavy atom. The van der Waals surface area contributed by atoms with Crippen LogP contribution in [0.4, 0.5) is 4.79 Å². The SMILES string of the molecule is O=C(O)O[N+](=O)[O-].[Ba+2].[H-].[H-].[H-].[Na+]. The van der Waals surface area contributed by atoms with E-state index in [2.05, 4.69) is 4.84 Å². The van der Waals surface area contributed by atoms with Gasteiger partial charge in [0.15, 0.2) is 0 Å². The second-order valence-corrected chi connectivity index (χ2v) is 0.581. The van der Waals surface area contributed by atoms with Gasteiger partial charge in [-0.05, 0) is 0 Å². The minimum atomic E-state index is -1.91. The monoisotopic (exact) mass is 271 g/mol. The number of nitrogens with zero attached hydrogens (tertiary/aromatic N) is 1. The molecule has 0 aromatic carbocycles. The molecule has 0 radical (unpaired) electrons. The van der Waals surface area contributed by atoms with Crippen molar-refractivity contribution in [1.29, 1.82) is 0 Å². The molecule has 8 heteroatoms. The van der Waals surface area contributed by atoms with Crippen LogP contribution in [-0.4, -0.2) is 65.2 Å². The van der Waals surface area contributed by atoms with Crippen molar-refractivity contribution in [2.45, 2.75) is 0 Å². The third-order valence-corrected chi connectivity index (χ3v) is 0.153. The summed E-state index contributed by atoms with van der Waals surface area (Å²) in [4.78, 5) is 21.0. The summed E-state index contributed by atoms with van der Waals surface area (Å²) in [5.74, 6) is 0. The fourth-order valence-corrected chi connectivity index (χ4v) is 0.0638. The van der Waals surface area contributed by atoms with Crippen molar-refractivity contribution >= 4 is 55.0 Å². The van der Waals surface area contributed by atoms with E-state index in [-0.39, 0.29) is 82.7 Å². The topological polar surface area (TPSA) is 89.7 Å². The van der Waals surface area contributed by atoms with E-state index in [9.17, 15) is 0 Å². The van der Waals surface area contributed by atoms with Crippen LogP contribution in [0.1, 0.15) is 4.28 Å². The van der Waals surface area contributed by atoms with Crippen molar-refractivity contribution in [1.82, 2.24) is 0 Å². The fraction of sp³-hybridized carbons (Fsp3) is 0. The summed E-state index contributed by atoms with van der Waals surface area (Å²) >= 11 is 0. The maximum absolute atomic E-state index is 9.15. The summed E-state index contributed by atoms with van der Waals surface area (Å²) in [5.41, 5.74) is 0. The normalized spacial score (nSPS) is 5.78. The van der Waals surface area contributed by atoms with Crippen LogP contribution in [-0.2, 0) is 4.84 Å². The predicted molar refractivity (Wildman–Crippen MR) is 25.2 cm³/mol. The Hall–Kier alpha value is 1.24. The van der Waals surface area contributed by atoms with Crippen LogP contribution < -0.4 is 29.6 Å². The van der Waals surface area contributed by atoms with Crippen LogP contribution >= 0.6 is 0 Å². The van der Waals surface area contributed by atoms with E-state index < -0.39 is 11.2 Å². The van der Waals surface area contributed by atoms with Crippen LogP contribution in [0.15, 0.2) is 0 Å². The van der Waals surface area contributed by atoms with Crippen LogP contribution in [0.5, 0.6) is 0 Å². The molecule has 0 fully saturated rings. The van der Waals surface area contributed by atoms with Crippen molar-refractivity contribution in [2.24, 2.45) is 0 Å². The second kappa shape index (κ2) is 9.24. The number of hydrogen-bond donors (Lipinski definition) is 1. The maximum Gasteiger partial charge on any atom is 2.00 e. The van der Waals surface area contributed by atoms with E-state index in [1.807, 2.05) is 0 Å². The first-order valence-electron chi connectivity index (χ1n) is 1.18. The zero-order valence-electron chi connectivity index (χ0n) is 7.73. The van der Waals surface area contributed by atoms with Crippen LogP contribution in [0, 0.1) is 10.1 Å². The van der Waals surface area contributed by atoms with Gasteiger partial charge in [-0.2, -0.15) is 4.84 Å². The van der Waals surface area contributed by atoms with E-state index in [0.29, 0.717) is 0 Å². The molecule has 0 rings (SSSR count). The number of hydrogen-bond acceptors (Lipinski definition) is 4. The number of rotatable bonds is 1. The first-order valence-corrected chi connectivity index (χ1v) is 1.18. The van der Waals surface area contributed by atoms with Crippen LogP contribution in [0.25, 0.3) is 0 Å². The summed E-state index contributed by atoms with van der Waals surface area (Å²) in [6.45, 7) is 0. The molecule has 0 atom stereocenters. The molecule has 0 aromatic rings. The predicted octanol–water partition coefficient (Wildman–Crippen LogP) is -3.17. The Morgan fingerprint density at radius 2 is 2.11 bits per heavy atom. The molecule has 6 nitrogen and oxygen atoms in total. The van der Waals surface area contributed by atoms with E-state index >= 15 is 0 Å². The number of carbonyl (C=O) groups is 1. The molecule has 0 spiro atoms. The van der Waals surface area contributed by atoms with Gasteiger partial charge in [0.1, 0.15) is 0 Å². The van der Waals surface area contributed by atoms with Crippen molar-refractivity contribution < 1.29 is 53.7 Å². The van der Waals surface area contributed by atoms with Crippen molar-refractivity contribution in [3.8, 4) is 0 Å². The smallest absolute Gasteiger partial charge is 1.00 e. The molecule has 0 saturated carbocycles. The molecule has 0 bridgehead atoms. The Bertz CT molecular complexity index is 103. The fourth-order valence-electron chi connectivity index (χ4n) is 0.0638. The van der Waals surface area contributed by atoms with Crippen molar-refractivity contribution in [3.63, 3.8) is 0 Å². The Labute approximate surface area is 117 Å². The first-order chi connectivity index (χ1) is 3.13. The standard InChI is InChI=1S/CHNO5.Ba.Na.3H/c3-1(4)7-2(5)6;;;;;/h(H,3,4);;;;;/q;+2;+1;3*-1. The van der Waals surface area contributed by atoms with Gasteiger partial charge in [-0.3, -0.25) is 0 Å². The molecule has 0 saturated heterocycles. The molecule has 0 unspecified atom stereocenters. The quantitative estimate of drug-likeness (QED) is 0.308. The van der Waals surface area contributed by atoms with Gasteiger partial charge in [-0.1, -0.05) is 0 Å². The molecule has 0 aliphatic heterocycles. The average molecular weight is 270 g/mol. The van der Waals surface area contributed by atoms with E-state index in [1.165, 1.54) is 0 Å². The maximum atomic E-state index is 9.15. The van der Waals surface area contributed by atoms with Gasteiger partial charge < -0.3 is 9.39 Å². The molecule has 0 amide bonds. The minimum absolute atomic E-state index is 0. The molecular formula is CH4BaNNaO5. The molecule has 0 heterocycles. The van der Waals surface area contributed by atoms with Gasteiger partial charge in [0.2, 0.25) is 0 Å². The van der Waals surface area contributed by atoms with Crippen LogP contribution in [0.2, 0.25) is 0 Å². The number of carboxylic acid groups (broad SMARTS) is 1. The molecule has 46 valence electrons. The van der Waals surface area contributed by atoms with Gasteiger partial charge in [0.05, 0.1) is 0 Å². The van der Waals surface area contributed by atoms with Gasteiger partial charge in [-0.15, -0.1) is 10.1 Å². The van der Waals surface area contributed by atoms with Gasteiger partial charge in [0.25, 0.3) is 0 Å². The van der Waals surface area contributed by atoms with E-state index in [0.717, 1.165) is 0 Å². The molecule has 1 N–H and O–H groups in total. The zero-order chi connectivity index (χ0) is 5.86. The summed E-state index contributed by atoms with van der Waals surface area (Å²) in [5, 5.41) is 15.0. The van der Waals surface area contributed by atoms with Gasteiger partial charge in [-0.25, -0.2) is 4.79 Å². The Morgan fingerprint density at radius 3 is 2.11 bits per heavy atom. The van der Waals surface area contributed by atoms with Crippen molar-refractivity contribution in [3.05, 3.63) is 10.1 Å². The summed E-state index contributed by atoms with van der Waals surface area (Å²) in [6, 6.07) is 0. The molecule has 0 aliphatic carbocycles. The van der Waals surface area contributed by atoms with Crippen molar-refractivity contribution in [2.75, 3.05) is 0 Å². The summed E-state index contributed by atoms with van der Waals surface area (Å²) in [7, 11) is 0. The van der Waals surface area contributed by atoms with E-state index in [4.69, 9.17) is 20.0 Å². The third-order valence-electron chi connectivity index (χ3n) is 0.153. The minimum Gasteiger partial charge on any atom is -1.00 e. The largest absolute Gasteiger partial charge is 2.00 e. The Balaban J connectivity index is -0.0000000180. The second-order valence-electron chi connectivity index (χ2n) is 0.581.